The molecule has 79 heavy (non-hydrogen) atoms. The minimum Gasteiger partial charge on any atom is -0.309 e. The molecule has 0 amide bonds. The first-order chi connectivity index (χ1) is 39.2. The van der Waals surface area contributed by atoms with Crippen molar-refractivity contribution >= 4 is 125 Å². The lowest BCUT2D eigenvalue weighted by Gasteiger charge is -2.32. The Hall–Kier alpha value is -9.64. The van der Waals surface area contributed by atoms with E-state index in [-0.39, 0.29) is 0 Å². The molecule has 16 aromatic rings. The topological polar surface area (TPSA) is 4.93 Å². The van der Waals surface area contributed by atoms with Crippen LogP contribution in [-0.4, -0.2) is 12.6 Å². The Morgan fingerprint density at radius 1 is 0.253 bits per heavy atom. The summed E-state index contributed by atoms with van der Waals surface area (Å²) < 4.78 is 5.21. The number of hydrogen-bond donors (Lipinski definition) is 0. The molecule has 0 unspecified atom stereocenters. The molecule has 0 saturated carbocycles. The third-order valence-corrected chi connectivity index (χ3v) is 23.4. The molecule has 1 nitrogen and oxygen atoms in total. The van der Waals surface area contributed by atoms with Gasteiger partial charge in [-0.25, -0.2) is 0 Å². The van der Waals surface area contributed by atoms with Gasteiger partial charge in [-0.15, -0.1) is 11.3 Å². The summed E-state index contributed by atoms with van der Waals surface area (Å²) in [5, 5.41) is 20.9. The van der Waals surface area contributed by atoms with Gasteiger partial charge in [-0.1, -0.05) is 218 Å². The van der Waals surface area contributed by atoms with E-state index >= 15 is 0 Å². The van der Waals surface area contributed by atoms with Crippen LogP contribution in [0.4, 0.5) is 0 Å². The SMILES string of the molecule is c1ccc([Si]2(c3ccccc3)c3cc(-c4ccc5sc6ccccc6c5c4)ccc3-c3ccc(-n4c5ccc(-c6cc7ccccc7c7ccccc67)cc5c5cc(-c6cc7ccccc7c7ccccc67)ccc54)cc32)cc1. The van der Waals surface area contributed by atoms with Crippen molar-refractivity contribution in [1.29, 1.82) is 0 Å². The van der Waals surface area contributed by atoms with Crippen molar-refractivity contribution in [3.63, 3.8) is 0 Å². The molecule has 0 spiro atoms. The van der Waals surface area contributed by atoms with Crippen molar-refractivity contribution in [2.24, 2.45) is 0 Å². The molecule has 0 N–H and O–H groups in total. The van der Waals surface area contributed by atoms with Crippen molar-refractivity contribution in [1.82, 2.24) is 4.57 Å². The van der Waals surface area contributed by atoms with Crippen LogP contribution in [0.2, 0.25) is 0 Å². The highest BCUT2D eigenvalue weighted by Gasteiger charge is 2.49. The zero-order valence-corrected chi connectivity index (χ0v) is 44.8. The normalized spacial score (nSPS) is 12.9. The second kappa shape index (κ2) is 17.2. The summed E-state index contributed by atoms with van der Waals surface area (Å²) in [6.45, 7) is 0. The molecular formula is C76H47NSSi. The zero-order chi connectivity index (χ0) is 51.8. The number of hydrogen-bond acceptors (Lipinski definition) is 1. The fraction of sp³-hybridized carbons (Fsp3) is 0. The molecule has 3 heterocycles. The van der Waals surface area contributed by atoms with Gasteiger partial charge in [0.05, 0.1) is 11.0 Å². The van der Waals surface area contributed by atoms with Crippen molar-refractivity contribution < 1.29 is 0 Å². The van der Waals surface area contributed by atoms with Crippen LogP contribution < -0.4 is 20.7 Å². The van der Waals surface area contributed by atoms with Gasteiger partial charge >= 0.3 is 0 Å². The van der Waals surface area contributed by atoms with Crippen molar-refractivity contribution in [3.8, 4) is 50.2 Å². The standard InChI is InChI=1S/C76H47NSSi/c1-3-19-55(20-4-1)79(56-21-5-2-6-22-56)75-46-49(48-34-40-74-70(41-48)63-29-15-16-30-73(63)78-74)31-36-64(75)65-37-35-54(47-76(65)79)77-71-38-32-52(66-42-50-17-7-9-23-57(50)59-25-11-13-27-61(59)66)44-68(71)69-45-53(33-39-72(69)77)67-43-51-18-8-10-24-58(51)60-26-12-14-28-62(60)67/h1-47H. The number of benzene rings is 14. The summed E-state index contributed by atoms with van der Waals surface area (Å²) in [5.74, 6) is 0. The van der Waals surface area contributed by atoms with Crippen molar-refractivity contribution in [2.45, 2.75) is 0 Å². The highest BCUT2D eigenvalue weighted by Crippen LogP contribution is 2.44. The predicted octanol–water partition coefficient (Wildman–Crippen LogP) is 18.1. The van der Waals surface area contributed by atoms with Crippen LogP contribution in [-0.2, 0) is 0 Å². The Bertz CT molecular complexity index is 4990. The van der Waals surface area contributed by atoms with Gasteiger partial charge in [0.25, 0.3) is 0 Å². The van der Waals surface area contributed by atoms with Gasteiger partial charge in [0, 0.05) is 36.6 Å². The highest BCUT2D eigenvalue weighted by atomic mass is 32.1. The Kier molecular flexibility index (Phi) is 9.67. The fourth-order valence-electron chi connectivity index (χ4n) is 13.9. The van der Waals surface area contributed by atoms with Crippen molar-refractivity contribution in [2.75, 3.05) is 0 Å². The number of thiophene rings is 1. The molecule has 0 saturated heterocycles. The van der Waals surface area contributed by atoms with Gasteiger partial charge in [-0.05, 0) is 175 Å². The molecule has 1 aliphatic rings. The monoisotopic (exact) mass is 1030 g/mol. The predicted molar refractivity (Wildman–Crippen MR) is 343 cm³/mol. The van der Waals surface area contributed by atoms with E-state index < -0.39 is 8.07 Å². The Labute approximate surface area is 462 Å². The van der Waals surface area contributed by atoms with E-state index in [1.807, 2.05) is 11.3 Å². The largest absolute Gasteiger partial charge is 0.309 e. The molecule has 0 radical (unpaired) electrons. The van der Waals surface area contributed by atoms with E-state index in [4.69, 9.17) is 0 Å². The zero-order valence-electron chi connectivity index (χ0n) is 43.0. The van der Waals surface area contributed by atoms with Crippen LogP contribution in [0.5, 0.6) is 0 Å². The minimum atomic E-state index is -2.97. The maximum atomic E-state index is 2.58. The van der Waals surface area contributed by atoms with Crippen LogP contribution in [0.25, 0.3) is 135 Å². The number of rotatable bonds is 6. The third kappa shape index (κ3) is 6.55. The summed E-state index contributed by atoms with van der Waals surface area (Å²) in [4.78, 5) is 0. The summed E-state index contributed by atoms with van der Waals surface area (Å²) in [5.41, 5.74) is 13.6. The second-order valence-electron chi connectivity index (χ2n) is 21.5. The van der Waals surface area contributed by atoms with Gasteiger partial charge in [-0.3, -0.25) is 0 Å². The first-order valence-electron chi connectivity index (χ1n) is 27.4. The summed E-state index contributed by atoms with van der Waals surface area (Å²) in [7, 11) is -2.97. The molecule has 17 rings (SSSR count). The lowest BCUT2D eigenvalue weighted by Crippen LogP contribution is -2.72. The number of aromatic nitrogens is 1. The van der Waals surface area contributed by atoms with E-state index in [9.17, 15) is 0 Å². The molecule has 0 aliphatic carbocycles. The van der Waals surface area contributed by atoms with Crippen LogP contribution >= 0.6 is 11.3 Å². The molecule has 0 fully saturated rings. The quantitative estimate of drug-likeness (QED) is 0.116. The lowest BCUT2D eigenvalue weighted by molar-refractivity contribution is 1.18. The fourth-order valence-corrected chi connectivity index (χ4v) is 20.2. The number of nitrogens with zero attached hydrogens (tertiary/aromatic N) is 1. The first-order valence-corrected chi connectivity index (χ1v) is 30.2. The minimum absolute atomic E-state index is 1.16. The lowest BCUT2D eigenvalue weighted by atomic mass is 9.92. The molecular weight excluding hydrogens is 987 g/mol. The van der Waals surface area contributed by atoms with Crippen LogP contribution in [0, 0.1) is 0 Å². The van der Waals surface area contributed by atoms with Crippen LogP contribution in [0.15, 0.2) is 285 Å². The molecule has 366 valence electrons. The average molecular weight is 1030 g/mol. The molecule has 2 aromatic heterocycles. The van der Waals surface area contributed by atoms with E-state index in [0.717, 1.165) is 5.69 Å². The second-order valence-corrected chi connectivity index (χ2v) is 26.3. The van der Waals surface area contributed by atoms with E-state index in [1.165, 1.54) is 150 Å². The Balaban J connectivity index is 0.919. The average Bonchev–Trinajstić information content (AvgIpc) is 4.19. The third-order valence-electron chi connectivity index (χ3n) is 17.4. The maximum absolute atomic E-state index is 2.97. The maximum Gasteiger partial charge on any atom is 0.180 e. The van der Waals surface area contributed by atoms with Gasteiger partial charge in [0.1, 0.15) is 0 Å². The summed E-state index contributed by atoms with van der Waals surface area (Å²) in [6.07, 6.45) is 0. The van der Waals surface area contributed by atoms with Gasteiger partial charge in [-0.2, -0.15) is 0 Å². The smallest absolute Gasteiger partial charge is 0.180 e. The van der Waals surface area contributed by atoms with Crippen molar-refractivity contribution in [3.05, 3.63) is 285 Å². The Morgan fingerprint density at radius 3 is 1.28 bits per heavy atom. The molecule has 14 aromatic carbocycles. The molecule has 3 heteroatoms. The molecule has 1 aliphatic heterocycles. The van der Waals surface area contributed by atoms with Gasteiger partial charge in [0.15, 0.2) is 8.07 Å². The van der Waals surface area contributed by atoms with Crippen LogP contribution in [0.1, 0.15) is 0 Å². The van der Waals surface area contributed by atoms with Crippen LogP contribution in [0.3, 0.4) is 0 Å². The summed E-state index contributed by atoms with van der Waals surface area (Å²) >= 11 is 1.88. The first kappa shape index (κ1) is 44.5. The highest BCUT2D eigenvalue weighted by molar-refractivity contribution is 7.25. The van der Waals surface area contributed by atoms with E-state index in [1.54, 1.807) is 0 Å². The van der Waals surface area contributed by atoms with Gasteiger partial charge < -0.3 is 4.57 Å². The van der Waals surface area contributed by atoms with E-state index in [2.05, 4.69) is 290 Å². The number of fused-ring (bicyclic) bond motifs is 15. The molecule has 0 atom stereocenters. The van der Waals surface area contributed by atoms with E-state index in [0.29, 0.717) is 0 Å². The molecule has 0 bridgehead atoms. The Morgan fingerprint density at radius 2 is 0.684 bits per heavy atom. The summed E-state index contributed by atoms with van der Waals surface area (Å²) in [6, 6.07) is 108. The van der Waals surface area contributed by atoms with Gasteiger partial charge in [0.2, 0.25) is 0 Å².